The third-order valence-electron chi connectivity index (χ3n) is 3.94. The van der Waals surface area contributed by atoms with Crippen LogP contribution in [0.3, 0.4) is 0 Å². The number of hydrogen-bond acceptors (Lipinski definition) is 2. The Hall–Kier alpha value is -0.540. The Bertz CT molecular complexity index is 539. The largest absolute Gasteiger partial charge is 0.229 e. The van der Waals surface area contributed by atoms with Crippen molar-refractivity contribution in [3.05, 3.63) is 34.4 Å². The summed E-state index contributed by atoms with van der Waals surface area (Å²) in [7, 11) is -3.15. The molecule has 1 aromatic rings. The summed E-state index contributed by atoms with van der Waals surface area (Å²) in [6.45, 7) is 8.00. The van der Waals surface area contributed by atoms with E-state index in [2.05, 4.69) is 32.9 Å². The summed E-state index contributed by atoms with van der Waals surface area (Å²) in [6.07, 6.45) is 3.98. The number of hydrogen-bond donors (Lipinski definition) is 0. The van der Waals surface area contributed by atoms with E-state index >= 15 is 0 Å². The normalized spacial score (nSPS) is 15.1. The molecule has 2 atom stereocenters. The Morgan fingerprint density at radius 2 is 1.50 bits per heavy atom. The van der Waals surface area contributed by atoms with E-state index in [1.165, 1.54) is 22.9 Å². The SMILES string of the molecule is CCc1cc(CC)c(C(Cl)C(C)S(C)(=O)=O)c(CC)c1. The van der Waals surface area contributed by atoms with Gasteiger partial charge in [0.1, 0.15) is 0 Å². The molecule has 0 amide bonds. The first kappa shape index (κ1) is 17.5. The van der Waals surface area contributed by atoms with Crippen molar-refractivity contribution in [1.82, 2.24) is 0 Å². The molecule has 0 fully saturated rings. The first-order valence-corrected chi connectivity index (χ1v) is 9.62. The standard InChI is InChI=1S/C16H25ClO2S/c1-6-12-9-13(7-2)15(14(8-3)10-12)16(17)11(4)20(5,18)19/h9-11,16H,6-8H2,1-5H3. The minimum atomic E-state index is -3.15. The summed E-state index contributed by atoms with van der Waals surface area (Å²) < 4.78 is 23.6. The van der Waals surface area contributed by atoms with Crippen molar-refractivity contribution < 1.29 is 8.42 Å². The van der Waals surface area contributed by atoms with Crippen molar-refractivity contribution in [2.45, 2.75) is 57.6 Å². The van der Waals surface area contributed by atoms with Crippen LogP contribution in [-0.4, -0.2) is 19.9 Å². The molecule has 0 heterocycles. The number of aryl methyl sites for hydroxylation is 3. The predicted molar refractivity (Wildman–Crippen MR) is 87.5 cm³/mol. The minimum Gasteiger partial charge on any atom is -0.229 e. The lowest BCUT2D eigenvalue weighted by molar-refractivity contribution is 0.586. The first-order chi connectivity index (χ1) is 9.26. The summed E-state index contributed by atoms with van der Waals surface area (Å²) in [6, 6.07) is 4.33. The van der Waals surface area contributed by atoms with Gasteiger partial charge in [-0.2, -0.15) is 0 Å². The maximum absolute atomic E-state index is 11.8. The Balaban J connectivity index is 3.42. The molecule has 0 aliphatic rings. The van der Waals surface area contributed by atoms with Gasteiger partial charge >= 0.3 is 0 Å². The van der Waals surface area contributed by atoms with Crippen LogP contribution in [-0.2, 0) is 29.1 Å². The molecule has 0 spiro atoms. The average molecular weight is 317 g/mol. The smallest absolute Gasteiger partial charge is 0.151 e. The van der Waals surface area contributed by atoms with E-state index in [0.29, 0.717) is 0 Å². The summed E-state index contributed by atoms with van der Waals surface area (Å²) in [4.78, 5) is 0. The second kappa shape index (κ2) is 6.95. The highest BCUT2D eigenvalue weighted by Gasteiger charge is 2.28. The van der Waals surface area contributed by atoms with Crippen LogP contribution in [0.4, 0.5) is 0 Å². The lowest BCUT2D eigenvalue weighted by Gasteiger charge is -2.23. The van der Waals surface area contributed by atoms with Gasteiger partial charge in [-0.25, -0.2) is 8.42 Å². The fourth-order valence-electron chi connectivity index (χ4n) is 2.45. The summed E-state index contributed by atoms with van der Waals surface area (Å²) in [5, 5.41) is -1.06. The van der Waals surface area contributed by atoms with E-state index in [1.807, 2.05) is 0 Å². The third kappa shape index (κ3) is 3.76. The van der Waals surface area contributed by atoms with E-state index < -0.39 is 20.5 Å². The topological polar surface area (TPSA) is 34.1 Å². The summed E-state index contributed by atoms with van der Waals surface area (Å²) in [5.41, 5.74) is 4.67. The van der Waals surface area contributed by atoms with Crippen molar-refractivity contribution >= 4 is 21.4 Å². The monoisotopic (exact) mass is 316 g/mol. The van der Waals surface area contributed by atoms with E-state index in [-0.39, 0.29) is 0 Å². The molecule has 0 aliphatic carbocycles. The first-order valence-electron chi connectivity index (χ1n) is 7.23. The van der Waals surface area contributed by atoms with E-state index in [4.69, 9.17) is 11.6 Å². The van der Waals surface area contributed by atoms with Gasteiger partial charge in [0, 0.05) is 6.26 Å². The Labute approximate surface area is 128 Å². The van der Waals surface area contributed by atoms with Crippen molar-refractivity contribution in [2.75, 3.05) is 6.26 Å². The van der Waals surface area contributed by atoms with Crippen LogP contribution in [0.1, 0.15) is 55.3 Å². The van der Waals surface area contributed by atoms with Crippen molar-refractivity contribution in [2.24, 2.45) is 0 Å². The molecule has 1 aromatic carbocycles. The number of sulfone groups is 1. The highest BCUT2D eigenvalue weighted by Crippen LogP contribution is 2.35. The van der Waals surface area contributed by atoms with Crippen LogP contribution in [0.15, 0.2) is 12.1 Å². The number of benzene rings is 1. The molecular weight excluding hydrogens is 292 g/mol. The maximum atomic E-state index is 11.8. The summed E-state index contributed by atoms with van der Waals surface area (Å²) >= 11 is 6.53. The molecule has 2 nitrogen and oxygen atoms in total. The van der Waals surface area contributed by atoms with Gasteiger partial charge in [0.2, 0.25) is 0 Å². The van der Waals surface area contributed by atoms with Crippen LogP contribution in [0, 0.1) is 0 Å². The predicted octanol–water partition coefficient (Wildman–Crippen LogP) is 4.09. The van der Waals surface area contributed by atoms with Gasteiger partial charge in [-0.1, -0.05) is 32.9 Å². The Morgan fingerprint density at radius 1 is 1.05 bits per heavy atom. The molecule has 0 saturated carbocycles. The zero-order chi connectivity index (χ0) is 15.5. The highest BCUT2D eigenvalue weighted by atomic mass is 35.5. The molecule has 1 rings (SSSR count). The zero-order valence-corrected chi connectivity index (χ0v) is 14.6. The van der Waals surface area contributed by atoms with Gasteiger partial charge in [-0.15, -0.1) is 11.6 Å². The quantitative estimate of drug-likeness (QED) is 0.741. The number of rotatable bonds is 6. The maximum Gasteiger partial charge on any atom is 0.151 e. The van der Waals surface area contributed by atoms with Gasteiger partial charge in [-0.3, -0.25) is 0 Å². The van der Waals surface area contributed by atoms with Crippen LogP contribution in [0.25, 0.3) is 0 Å². The number of halogens is 1. The van der Waals surface area contributed by atoms with Crippen LogP contribution in [0.5, 0.6) is 0 Å². The molecule has 0 bridgehead atoms. The fourth-order valence-corrected chi connectivity index (χ4v) is 3.86. The van der Waals surface area contributed by atoms with Crippen molar-refractivity contribution in [3.63, 3.8) is 0 Å². The number of alkyl halides is 1. The average Bonchev–Trinajstić information content (AvgIpc) is 2.42. The van der Waals surface area contributed by atoms with Crippen LogP contribution in [0.2, 0.25) is 0 Å². The van der Waals surface area contributed by atoms with Gasteiger partial charge < -0.3 is 0 Å². The van der Waals surface area contributed by atoms with E-state index in [1.54, 1.807) is 6.92 Å². The molecule has 20 heavy (non-hydrogen) atoms. The molecular formula is C16H25ClO2S. The highest BCUT2D eigenvalue weighted by molar-refractivity contribution is 7.91. The molecule has 0 aromatic heterocycles. The fraction of sp³-hybridized carbons (Fsp3) is 0.625. The minimum absolute atomic E-state index is 0.485. The molecule has 0 saturated heterocycles. The second-order valence-corrected chi connectivity index (χ2v) is 8.20. The molecule has 114 valence electrons. The van der Waals surface area contributed by atoms with Gasteiger partial charge in [-0.05, 0) is 48.4 Å². The van der Waals surface area contributed by atoms with Gasteiger partial charge in [0.05, 0.1) is 10.6 Å². The lowest BCUT2D eigenvalue weighted by Crippen LogP contribution is -2.23. The molecule has 0 N–H and O–H groups in total. The van der Waals surface area contributed by atoms with Crippen LogP contribution >= 0.6 is 11.6 Å². The van der Waals surface area contributed by atoms with E-state index in [9.17, 15) is 8.42 Å². The van der Waals surface area contributed by atoms with Crippen molar-refractivity contribution in [3.8, 4) is 0 Å². The van der Waals surface area contributed by atoms with Gasteiger partial charge in [0.25, 0.3) is 0 Å². The lowest BCUT2D eigenvalue weighted by atomic mass is 9.91. The Kier molecular flexibility index (Phi) is 6.08. The van der Waals surface area contributed by atoms with Crippen molar-refractivity contribution in [1.29, 1.82) is 0 Å². The summed E-state index contributed by atoms with van der Waals surface area (Å²) in [5.74, 6) is 0. The zero-order valence-electron chi connectivity index (χ0n) is 13.0. The van der Waals surface area contributed by atoms with Gasteiger partial charge in [0.15, 0.2) is 9.84 Å². The third-order valence-corrected chi connectivity index (χ3v) is 6.31. The molecule has 0 aliphatic heterocycles. The molecule has 2 unspecified atom stereocenters. The molecule has 0 radical (unpaired) electrons. The van der Waals surface area contributed by atoms with E-state index in [0.717, 1.165) is 24.8 Å². The Morgan fingerprint density at radius 3 is 1.80 bits per heavy atom. The second-order valence-electron chi connectivity index (χ2n) is 5.32. The van der Waals surface area contributed by atoms with Crippen LogP contribution < -0.4 is 0 Å². The molecule has 4 heteroatoms.